The average molecular weight is 398 g/mol. The van der Waals surface area contributed by atoms with Crippen LogP contribution in [-0.4, -0.2) is 29.4 Å². The van der Waals surface area contributed by atoms with Crippen LogP contribution in [0.4, 0.5) is 0 Å². The van der Waals surface area contributed by atoms with Gasteiger partial charge in [-0.1, -0.05) is 65.3 Å². The lowest BCUT2D eigenvalue weighted by Gasteiger charge is -2.42. The number of hydrogen-bond donors (Lipinski definition) is 2. The molecule has 0 heterocycles. The summed E-state index contributed by atoms with van der Waals surface area (Å²) in [4.78, 5) is 24.8. The first kappa shape index (κ1) is 23.9. The van der Waals surface area contributed by atoms with Crippen LogP contribution < -0.4 is 5.32 Å². The molecular weight excluding hydrogens is 362 g/mol. The normalized spacial score (nSPS) is 26.4. The zero-order valence-corrected chi connectivity index (χ0v) is 18.4. The molecule has 154 valence electrons. The van der Waals surface area contributed by atoms with Gasteiger partial charge < -0.3 is 10.4 Å². The van der Waals surface area contributed by atoms with Crippen molar-refractivity contribution >= 4 is 23.3 Å². The lowest BCUT2D eigenvalue weighted by molar-refractivity contribution is -0.141. The van der Waals surface area contributed by atoms with Crippen LogP contribution in [0.15, 0.2) is 23.3 Å². The molecule has 2 N–H and O–H groups in total. The Labute approximate surface area is 169 Å². The highest BCUT2D eigenvalue weighted by molar-refractivity contribution is 6.26. The van der Waals surface area contributed by atoms with Crippen molar-refractivity contribution < 1.29 is 14.7 Å². The van der Waals surface area contributed by atoms with Gasteiger partial charge in [-0.3, -0.25) is 9.59 Å². The molecule has 27 heavy (non-hydrogen) atoms. The van der Waals surface area contributed by atoms with Crippen molar-refractivity contribution in [1.29, 1.82) is 0 Å². The zero-order valence-electron chi connectivity index (χ0n) is 17.6. The van der Waals surface area contributed by atoms with E-state index >= 15 is 0 Å². The number of hydrogen-bond acceptors (Lipinski definition) is 3. The van der Waals surface area contributed by atoms with Gasteiger partial charge in [-0.05, 0) is 36.2 Å². The molecule has 3 atom stereocenters. The van der Waals surface area contributed by atoms with E-state index in [1.807, 2.05) is 26.8 Å². The smallest absolute Gasteiger partial charge is 0.220 e. The Balaban J connectivity index is 2.56. The van der Waals surface area contributed by atoms with Gasteiger partial charge in [-0.2, -0.15) is 0 Å². The summed E-state index contributed by atoms with van der Waals surface area (Å²) >= 11 is 5.99. The quantitative estimate of drug-likeness (QED) is 0.616. The number of aliphatic hydroxyl groups excluding tert-OH is 1. The number of Topliss-reactive ketones (excluding diaryl/α,β-unsaturated/α-hetero) is 1. The first-order valence-corrected chi connectivity index (χ1v) is 10.3. The van der Waals surface area contributed by atoms with E-state index in [0.717, 1.165) is 0 Å². The van der Waals surface area contributed by atoms with E-state index in [1.54, 1.807) is 0 Å². The first-order valence-electron chi connectivity index (χ1n) is 9.85. The van der Waals surface area contributed by atoms with E-state index in [-0.39, 0.29) is 23.0 Å². The topological polar surface area (TPSA) is 66.4 Å². The van der Waals surface area contributed by atoms with E-state index < -0.39 is 17.4 Å². The third-order valence-corrected chi connectivity index (χ3v) is 5.42. The summed E-state index contributed by atoms with van der Waals surface area (Å²) in [7, 11) is 0. The fourth-order valence-electron chi connectivity index (χ4n) is 3.68. The molecule has 0 aromatic rings. The van der Waals surface area contributed by atoms with Gasteiger partial charge in [0.25, 0.3) is 0 Å². The maximum Gasteiger partial charge on any atom is 0.220 e. The average Bonchev–Trinajstić information content (AvgIpc) is 2.54. The van der Waals surface area contributed by atoms with E-state index in [2.05, 4.69) is 32.2 Å². The molecule has 5 heteroatoms. The fourth-order valence-corrected chi connectivity index (χ4v) is 3.93. The molecule has 1 amide bonds. The summed E-state index contributed by atoms with van der Waals surface area (Å²) < 4.78 is 0. The number of carbonyl (C=O) groups excluding carboxylic acids is 2. The van der Waals surface area contributed by atoms with Crippen LogP contribution in [0.1, 0.15) is 67.2 Å². The highest BCUT2D eigenvalue weighted by Crippen LogP contribution is 2.42. The second-order valence-corrected chi connectivity index (χ2v) is 9.71. The van der Waals surface area contributed by atoms with Crippen molar-refractivity contribution in [1.82, 2.24) is 5.32 Å². The third-order valence-electron chi connectivity index (χ3n) is 5.14. The van der Waals surface area contributed by atoms with Crippen molar-refractivity contribution in [3.63, 3.8) is 0 Å². The Bertz CT molecular complexity index is 587. The highest BCUT2D eigenvalue weighted by atomic mass is 35.5. The minimum absolute atomic E-state index is 0.0216. The lowest BCUT2D eigenvalue weighted by Crippen LogP contribution is -2.48. The maximum absolute atomic E-state index is 12.8. The Morgan fingerprint density at radius 3 is 2.52 bits per heavy atom. The van der Waals surface area contributed by atoms with Crippen molar-refractivity contribution in [3.8, 4) is 0 Å². The number of nitrogens with one attached hydrogen (secondary N) is 1. The van der Waals surface area contributed by atoms with Crippen molar-refractivity contribution in [3.05, 3.63) is 23.3 Å². The summed E-state index contributed by atoms with van der Waals surface area (Å²) in [5.41, 5.74) is 1.74. The molecule has 0 unspecified atom stereocenters. The van der Waals surface area contributed by atoms with Gasteiger partial charge in [0.15, 0.2) is 0 Å². The van der Waals surface area contributed by atoms with Crippen molar-refractivity contribution in [2.45, 2.75) is 73.3 Å². The van der Waals surface area contributed by atoms with Gasteiger partial charge in [0.1, 0.15) is 5.78 Å². The largest absolute Gasteiger partial charge is 0.392 e. The molecule has 1 aliphatic carbocycles. The molecule has 0 saturated heterocycles. The Kier molecular flexibility index (Phi) is 8.75. The fraction of sp³-hybridized carbons (Fsp3) is 0.727. The van der Waals surface area contributed by atoms with Gasteiger partial charge in [0.2, 0.25) is 5.91 Å². The van der Waals surface area contributed by atoms with Crippen molar-refractivity contribution in [2.24, 2.45) is 22.7 Å². The van der Waals surface area contributed by atoms with E-state index in [4.69, 9.17) is 11.6 Å². The number of rotatable bonds is 7. The van der Waals surface area contributed by atoms with Crippen LogP contribution in [0.3, 0.4) is 0 Å². The summed E-state index contributed by atoms with van der Waals surface area (Å²) in [6.07, 6.45) is 5.67. The van der Waals surface area contributed by atoms with Gasteiger partial charge in [-0.15, -0.1) is 0 Å². The predicted octanol–water partition coefficient (Wildman–Crippen LogP) is 4.61. The zero-order chi connectivity index (χ0) is 20.8. The summed E-state index contributed by atoms with van der Waals surface area (Å²) in [5, 5.41) is 13.4. The Morgan fingerprint density at radius 2 is 1.96 bits per heavy atom. The second kappa shape index (κ2) is 9.88. The molecule has 4 nitrogen and oxygen atoms in total. The van der Waals surface area contributed by atoms with Gasteiger partial charge in [0, 0.05) is 23.9 Å². The third kappa shape index (κ3) is 7.42. The number of carbonyl (C=O) groups is 2. The minimum atomic E-state index is -0.728. The number of halogens is 1. The van der Waals surface area contributed by atoms with Crippen LogP contribution in [0, 0.1) is 22.7 Å². The van der Waals surface area contributed by atoms with Crippen LogP contribution in [0.5, 0.6) is 0 Å². The van der Waals surface area contributed by atoms with Crippen LogP contribution in [0.2, 0.25) is 0 Å². The summed E-state index contributed by atoms with van der Waals surface area (Å²) in [6.45, 7) is 12.6. The van der Waals surface area contributed by atoms with E-state index in [1.165, 1.54) is 5.54 Å². The number of amides is 1. The molecule has 0 spiro atoms. The molecule has 0 aromatic carbocycles. The molecule has 1 saturated carbocycles. The Morgan fingerprint density at radius 1 is 1.33 bits per heavy atom. The number of allylic oxidation sites excluding steroid dienone is 2. The molecule has 0 radical (unpaired) electrons. The second-order valence-electron chi connectivity index (χ2n) is 9.49. The predicted molar refractivity (Wildman–Crippen MR) is 111 cm³/mol. The van der Waals surface area contributed by atoms with Crippen LogP contribution in [0.25, 0.3) is 0 Å². The highest BCUT2D eigenvalue weighted by Gasteiger charge is 2.46. The molecule has 1 aliphatic rings. The van der Waals surface area contributed by atoms with Crippen molar-refractivity contribution in [2.75, 3.05) is 6.54 Å². The van der Waals surface area contributed by atoms with Gasteiger partial charge in [0.05, 0.1) is 12.0 Å². The standard InChI is InChI=1S/C22H36ClNO3/c1-15-13-22(5,6)20(27)18(19(15)26)16(14-23)10-12-24-17(25)9-7-8-11-21(2,3)4/h8,11,14-15,18-19,26H,7,9-10,12-13H2,1-6H3,(H,24,25)/b11-8+,16-14-/t15-,18-,19-/m1/s1. The molecule has 0 bridgehead atoms. The minimum Gasteiger partial charge on any atom is -0.392 e. The SMILES string of the molecule is C[C@@H]1CC(C)(C)C(=O)[C@H](/C(=C\Cl)CCNC(=O)CC/C=C/C(C)(C)C)[C@@H]1O. The Hall–Kier alpha value is -1.13. The summed E-state index contributed by atoms with van der Waals surface area (Å²) in [6, 6.07) is 0. The van der Waals surface area contributed by atoms with E-state index in [9.17, 15) is 14.7 Å². The van der Waals surface area contributed by atoms with Gasteiger partial charge in [-0.25, -0.2) is 0 Å². The van der Waals surface area contributed by atoms with Gasteiger partial charge >= 0.3 is 0 Å². The molecular formula is C22H36ClNO3. The maximum atomic E-state index is 12.8. The molecule has 0 aromatic heterocycles. The lowest BCUT2D eigenvalue weighted by atomic mass is 9.63. The number of aliphatic hydroxyl groups is 1. The summed E-state index contributed by atoms with van der Waals surface area (Å²) in [5.74, 6) is -0.559. The van der Waals surface area contributed by atoms with Crippen LogP contribution in [-0.2, 0) is 9.59 Å². The van der Waals surface area contributed by atoms with E-state index in [0.29, 0.717) is 37.8 Å². The number of ketones is 1. The first-order chi connectivity index (χ1) is 12.4. The molecule has 0 aliphatic heterocycles. The molecule has 1 rings (SSSR count). The molecule has 1 fully saturated rings. The monoisotopic (exact) mass is 397 g/mol. The van der Waals surface area contributed by atoms with Crippen LogP contribution >= 0.6 is 11.6 Å².